The number of nitrogens with zero attached hydrogens (tertiary/aromatic N) is 3. The minimum Gasteiger partial charge on any atom is -0.495 e. The number of sulfonamides is 1. The Hall–Kier alpha value is -4.00. The van der Waals surface area contributed by atoms with Gasteiger partial charge in [-0.25, -0.2) is 27.5 Å². The Labute approximate surface area is 214 Å². The largest absolute Gasteiger partial charge is 0.495 e. The number of halogens is 4. The number of nitrogens with one attached hydrogen (secondary N) is 1. The highest BCUT2D eigenvalue weighted by atomic mass is 32.2. The van der Waals surface area contributed by atoms with E-state index in [-0.39, 0.29) is 39.8 Å². The fourth-order valence-corrected chi connectivity index (χ4v) is 5.62. The molecular formula is C25H20F4N4O4S. The lowest BCUT2D eigenvalue weighted by molar-refractivity contribution is -0.152. The van der Waals surface area contributed by atoms with Gasteiger partial charge in [0.15, 0.2) is 0 Å². The van der Waals surface area contributed by atoms with Gasteiger partial charge < -0.3 is 4.74 Å². The first-order chi connectivity index (χ1) is 17.8. The Morgan fingerprint density at radius 2 is 1.82 bits per heavy atom. The predicted octanol–water partition coefficient (Wildman–Crippen LogP) is 4.57. The molecule has 38 heavy (non-hydrogen) atoms. The van der Waals surface area contributed by atoms with Gasteiger partial charge in [-0.1, -0.05) is 6.92 Å². The second-order valence-corrected chi connectivity index (χ2v) is 10.8. The molecule has 8 nitrogen and oxygen atoms in total. The molecule has 0 amide bonds. The van der Waals surface area contributed by atoms with Gasteiger partial charge in [-0.15, -0.1) is 0 Å². The van der Waals surface area contributed by atoms with E-state index in [1.165, 1.54) is 68.9 Å². The number of fused-ring (bicyclic) bond motifs is 1. The molecule has 0 unspecified atom stereocenters. The lowest BCUT2D eigenvalue weighted by atomic mass is 9.93. The van der Waals surface area contributed by atoms with E-state index in [9.17, 15) is 26.4 Å². The Morgan fingerprint density at radius 1 is 1.11 bits per heavy atom. The summed E-state index contributed by atoms with van der Waals surface area (Å²) in [5.74, 6) is -2.74. The molecule has 13 heteroatoms. The van der Waals surface area contributed by atoms with E-state index in [1.54, 1.807) is 0 Å². The van der Waals surface area contributed by atoms with Crippen LogP contribution in [0.25, 0.3) is 16.6 Å². The maximum Gasteiger partial charge on any atom is 0.392 e. The van der Waals surface area contributed by atoms with Crippen molar-refractivity contribution >= 4 is 26.9 Å². The summed E-state index contributed by atoms with van der Waals surface area (Å²) in [6, 6.07) is 10.2. The summed E-state index contributed by atoms with van der Waals surface area (Å²) in [6.45, 7) is 1.34. The van der Waals surface area contributed by atoms with Crippen LogP contribution in [0.5, 0.6) is 5.75 Å². The highest BCUT2D eigenvalue weighted by Gasteiger charge is 2.65. The molecule has 2 aromatic carbocycles. The summed E-state index contributed by atoms with van der Waals surface area (Å²) in [7, 11) is -2.82. The lowest BCUT2D eigenvalue weighted by Gasteiger charge is -2.20. The Morgan fingerprint density at radius 3 is 2.45 bits per heavy atom. The van der Waals surface area contributed by atoms with Gasteiger partial charge in [-0.3, -0.25) is 9.36 Å². The fraction of sp³-hybridized carbons (Fsp3) is 0.240. The third-order valence-corrected chi connectivity index (χ3v) is 8.05. The Bertz CT molecular complexity index is 1730. The smallest absolute Gasteiger partial charge is 0.392 e. The topological polar surface area (TPSA) is 103 Å². The van der Waals surface area contributed by atoms with E-state index in [0.717, 1.165) is 10.6 Å². The second kappa shape index (κ2) is 8.79. The molecule has 0 aliphatic heterocycles. The maximum atomic E-state index is 15.3. The van der Waals surface area contributed by atoms with Crippen molar-refractivity contribution in [2.24, 2.45) is 5.92 Å². The van der Waals surface area contributed by atoms with Crippen molar-refractivity contribution in [1.82, 2.24) is 14.5 Å². The molecule has 0 saturated heterocycles. The number of hydrogen-bond donors (Lipinski definition) is 1. The molecule has 5 rings (SSSR count). The van der Waals surface area contributed by atoms with Crippen LogP contribution in [0.4, 0.5) is 23.5 Å². The molecule has 2 heterocycles. The fourth-order valence-electron chi connectivity index (χ4n) is 4.63. The molecule has 0 bridgehead atoms. The molecule has 1 saturated carbocycles. The Balaban J connectivity index is 1.60. The molecule has 1 aliphatic carbocycles. The summed E-state index contributed by atoms with van der Waals surface area (Å²) in [5, 5.41) is 0.319. The van der Waals surface area contributed by atoms with E-state index >= 15 is 4.39 Å². The van der Waals surface area contributed by atoms with Crippen molar-refractivity contribution in [1.29, 1.82) is 0 Å². The van der Waals surface area contributed by atoms with Gasteiger partial charge in [0.05, 0.1) is 29.1 Å². The molecule has 1 aliphatic rings. The van der Waals surface area contributed by atoms with Gasteiger partial charge in [-0.2, -0.15) is 13.2 Å². The Kier molecular flexibility index (Phi) is 5.93. The molecule has 1 fully saturated rings. The zero-order valence-electron chi connectivity index (χ0n) is 20.0. The summed E-state index contributed by atoms with van der Waals surface area (Å²) in [6.07, 6.45) is -1.99. The number of methoxy groups -OCH3 is 1. The number of ether oxygens (including phenoxy) is 1. The van der Waals surface area contributed by atoms with Gasteiger partial charge >= 0.3 is 6.18 Å². The SMILES string of the molecule is COc1cc([C@]2(C)C[C@H]2C(F)(F)F)c(F)cc1-n1c(=O)ccc2cc(S(=O)(=O)Nc3ncccn3)ccc21. The van der Waals surface area contributed by atoms with Gasteiger partial charge in [0.2, 0.25) is 5.95 Å². The van der Waals surface area contributed by atoms with Crippen molar-refractivity contribution in [3.8, 4) is 11.4 Å². The minimum atomic E-state index is -4.47. The number of aromatic nitrogens is 3. The first-order valence-corrected chi connectivity index (χ1v) is 12.7. The van der Waals surface area contributed by atoms with Crippen LogP contribution in [0.15, 0.2) is 70.6 Å². The van der Waals surface area contributed by atoms with Crippen molar-refractivity contribution < 1.29 is 30.7 Å². The van der Waals surface area contributed by atoms with Crippen molar-refractivity contribution in [2.75, 3.05) is 11.8 Å². The van der Waals surface area contributed by atoms with E-state index in [2.05, 4.69) is 14.7 Å². The molecule has 2 aromatic heterocycles. The zero-order valence-corrected chi connectivity index (χ0v) is 20.8. The number of rotatable bonds is 6. The molecule has 4 aromatic rings. The third-order valence-electron chi connectivity index (χ3n) is 6.72. The van der Waals surface area contributed by atoms with Crippen LogP contribution in [0, 0.1) is 11.7 Å². The molecular weight excluding hydrogens is 528 g/mol. The summed E-state index contributed by atoms with van der Waals surface area (Å²) in [4.78, 5) is 20.4. The molecule has 198 valence electrons. The average molecular weight is 549 g/mol. The lowest BCUT2D eigenvalue weighted by Crippen LogP contribution is -2.21. The summed E-state index contributed by atoms with van der Waals surface area (Å²) < 4.78 is 89.6. The summed E-state index contributed by atoms with van der Waals surface area (Å²) in [5.41, 5.74) is -2.00. The van der Waals surface area contributed by atoms with Crippen LogP contribution in [0.3, 0.4) is 0 Å². The molecule has 0 radical (unpaired) electrons. The van der Waals surface area contributed by atoms with Crippen LogP contribution in [-0.2, 0) is 15.4 Å². The molecule has 2 atom stereocenters. The normalized spacial score (nSPS) is 19.4. The van der Waals surface area contributed by atoms with Crippen LogP contribution in [0.2, 0.25) is 0 Å². The standard InChI is InChI=1S/C25H20F4N4O4S/c1-24(13-21(24)25(27,28)29)16-11-20(37-2)19(12-17(16)26)33-18-6-5-15(10-14(18)4-7-22(33)34)38(35,36)32-23-30-8-3-9-31-23/h3-12,21H,13H2,1-2H3,(H,30,31,32)/t21-,24+/m1/s1. The number of benzene rings is 2. The van der Waals surface area contributed by atoms with Crippen LogP contribution in [0.1, 0.15) is 18.9 Å². The monoisotopic (exact) mass is 548 g/mol. The number of hydrogen-bond acceptors (Lipinski definition) is 6. The van der Waals surface area contributed by atoms with Crippen LogP contribution < -0.4 is 15.0 Å². The van der Waals surface area contributed by atoms with Crippen LogP contribution in [-0.4, -0.2) is 36.2 Å². The molecule has 0 spiro atoms. The highest BCUT2D eigenvalue weighted by Crippen LogP contribution is 2.62. The minimum absolute atomic E-state index is 0.00959. The first kappa shape index (κ1) is 25.6. The predicted molar refractivity (Wildman–Crippen MR) is 130 cm³/mol. The second-order valence-electron chi connectivity index (χ2n) is 9.13. The average Bonchev–Trinajstić information content (AvgIpc) is 3.57. The van der Waals surface area contributed by atoms with E-state index in [0.29, 0.717) is 5.39 Å². The number of anilines is 1. The van der Waals surface area contributed by atoms with E-state index < -0.39 is 38.9 Å². The zero-order chi connectivity index (χ0) is 27.5. The summed E-state index contributed by atoms with van der Waals surface area (Å²) >= 11 is 0. The van der Waals surface area contributed by atoms with Crippen molar-refractivity contribution in [3.05, 3.63) is 82.7 Å². The maximum absolute atomic E-state index is 15.3. The quantitative estimate of drug-likeness (QED) is 0.354. The van der Waals surface area contributed by atoms with Crippen LogP contribution >= 0.6 is 0 Å². The third kappa shape index (κ3) is 4.36. The van der Waals surface area contributed by atoms with Gasteiger partial charge in [0, 0.05) is 35.3 Å². The van der Waals surface area contributed by atoms with Gasteiger partial charge in [-0.05, 0) is 48.4 Å². The highest BCUT2D eigenvalue weighted by molar-refractivity contribution is 7.92. The number of pyridine rings is 1. The first-order valence-electron chi connectivity index (χ1n) is 11.3. The van der Waals surface area contributed by atoms with E-state index in [1.807, 2.05) is 0 Å². The molecule has 1 N–H and O–H groups in total. The van der Waals surface area contributed by atoms with Crippen molar-refractivity contribution in [3.63, 3.8) is 0 Å². The van der Waals surface area contributed by atoms with Gasteiger partial charge in [0.1, 0.15) is 11.6 Å². The van der Waals surface area contributed by atoms with Gasteiger partial charge in [0.25, 0.3) is 15.6 Å². The van der Waals surface area contributed by atoms with Crippen molar-refractivity contribution in [2.45, 2.75) is 29.8 Å². The van der Waals surface area contributed by atoms with E-state index in [4.69, 9.17) is 4.74 Å². The number of alkyl halides is 3.